The molecule has 2 N–H and O–H groups in total. The molecule has 0 saturated heterocycles. The maximum Gasteiger partial charge on any atom is 0.273 e. The Kier molecular flexibility index (Phi) is 6.42. The van der Waals surface area contributed by atoms with Gasteiger partial charge in [0, 0.05) is 30.1 Å². The molecule has 0 fully saturated rings. The number of fused-ring (bicyclic) bond motifs is 1. The SMILES string of the molecule is COc1cc(C2c3c(-c4ccccc4O)n[nH]c3C(=O)N2Cc2ccncc2)ccc1OCc1ccccc1. The number of aromatic nitrogens is 3. The summed E-state index contributed by atoms with van der Waals surface area (Å²) in [7, 11) is 1.60. The van der Waals surface area contributed by atoms with Gasteiger partial charge in [-0.05, 0) is 53.1 Å². The summed E-state index contributed by atoms with van der Waals surface area (Å²) >= 11 is 0. The van der Waals surface area contributed by atoms with Crippen LogP contribution in [0.2, 0.25) is 0 Å². The van der Waals surface area contributed by atoms with Gasteiger partial charge in [-0.3, -0.25) is 14.9 Å². The first-order chi connectivity index (χ1) is 19.1. The average molecular weight is 519 g/mol. The molecule has 1 aliphatic heterocycles. The molecule has 6 rings (SSSR count). The van der Waals surface area contributed by atoms with Crippen molar-refractivity contribution in [3.05, 3.63) is 125 Å². The highest BCUT2D eigenvalue weighted by molar-refractivity contribution is 6.00. The molecule has 5 aromatic rings. The molecular weight excluding hydrogens is 492 g/mol. The van der Waals surface area contributed by atoms with Gasteiger partial charge >= 0.3 is 0 Å². The number of H-pyrrole nitrogens is 1. The van der Waals surface area contributed by atoms with E-state index in [4.69, 9.17) is 9.47 Å². The Labute approximate surface area is 225 Å². The van der Waals surface area contributed by atoms with Crippen LogP contribution in [0, 0.1) is 0 Å². The summed E-state index contributed by atoms with van der Waals surface area (Å²) in [5, 5.41) is 18.0. The minimum atomic E-state index is -0.480. The molecule has 194 valence electrons. The lowest BCUT2D eigenvalue weighted by Crippen LogP contribution is -2.29. The number of phenols is 1. The Morgan fingerprint density at radius 1 is 0.923 bits per heavy atom. The minimum Gasteiger partial charge on any atom is -0.507 e. The topological polar surface area (TPSA) is 101 Å². The van der Waals surface area contributed by atoms with Crippen LogP contribution in [-0.2, 0) is 13.2 Å². The molecule has 1 amide bonds. The molecule has 0 saturated carbocycles. The van der Waals surface area contributed by atoms with Crippen LogP contribution in [0.4, 0.5) is 0 Å². The fourth-order valence-corrected chi connectivity index (χ4v) is 4.98. The third kappa shape index (κ3) is 4.57. The van der Waals surface area contributed by atoms with Gasteiger partial charge in [0.2, 0.25) is 0 Å². The number of phenolic OH excluding ortho intramolecular Hbond substituents is 1. The molecule has 1 atom stereocenters. The number of carbonyl (C=O) groups excluding carboxylic acids is 1. The van der Waals surface area contributed by atoms with Crippen LogP contribution in [0.25, 0.3) is 11.3 Å². The molecule has 1 unspecified atom stereocenters. The molecule has 8 nitrogen and oxygen atoms in total. The van der Waals surface area contributed by atoms with Crippen LogP contribution >= 0.6 is 0 Å². The smallest absolute Gasteiger partial charge is 0.273 e. The number of nitrogens with one attached hydrogen (secondary N) is 1. The first kappa shape index (κ1) is 24.2. The van der Waals surface area contributed by atoms with Gasteiger partial charge in [0.1, 0.15) is 23.7 Å². The van der Waals surface area contributed by atoms with E-state index in [-0.39, 0.29) is 11.7 Å². The highest BCUT2D eigenvalue weighted by Gasteiger charge is 2.42. The molecule has 0 spiro atoms. The van der Waals surface area contributed by atoms with E-state index in [0.29, 0.717) is 47.2 Å². The lowest BCUT2D eigenvalue weighted by atomic mass is 9.95. The van der Waals surface area contributed by atoms with Gasteiger partial charge < -0.3 is 19.5 Å². The van der Waals surface area contributed by atoms with Crippen molar-refractivity contribution < 1.29 is 19.4 Å². The number of pyridine rings is 1. The van der Waals surface area contributed by atoms with Gasteiger partial charge in [-0.2, -0.15) is 5.10 Å². The van der Waals surface area contributed by atoms with Gasteiger partial charge in [-0.1, -0.05) is 48.5 Å². The van der Waals surface area contributed by atoms with Gasteiger partial charge in [0.05, 0.1) is 13.2 Å². The standard InChI is InChI=1S/C31H26N4O4/c1-38-26-17-22(11-12-25(26)39-19-21-7-3-2-4-8-21)30-27-28(23-9-5-6-10-24(23)36)33-34-29(27)31(37)35(30)18-20-13-15-32-16-14-20/h2-17,30,36H,18-19H2,1H3,(H,33,34). The van der Waals surface area contributed by atoms with Crippen molar-refractivity contribution in [2.45, 2.75) is 19.2 Å². The van der Waals surface area contributed by atoms with Crippen molar-refractivity contribution >= 4 is 5.91 Å². The quantitative estimate of drug-likeness (QED) is 0.281. The molecule has 1 aliphatic rings. The lowest BCUT2D eigenvalue weighted by Gasteiger charge is -2.27. The predicted molar refractivity (Wildman–Crippen MR) is 145 cm³/mol. The molecule has 3 aromatic carbocycles. The second-order valence-corrected chi connectivity index (χ2v) is 9.25. The van der Waals surface area contributed by atoms with Crippen molar-refractivity contribution in [3.63, 3.8) is 0 Å². The summed E-state index contributed by atoms with van der Waals surface area (Å²) in [6.45, 7) is 0.763. The largest absolute Gasteiger partial charge is 0.507 e. The number of methoxy groups -OCH3 is 1. The van der Waals surface area contributed by atoms with Gasteiger partial charge in [-0.25, -0.2) is 0 Å². The van der Waals surface area contributed by atoms with Gasteiger partial charge in [-0.15, -0.1) is 0 Å². The second-order valence-electron chi connectivity index (χ2n) is 9.25. The Bertz CT molecular complexity index is 1620. The highest BCUT2D eigenvalue weighted by Crippen LogP contribution is 2.46. The number of nitrogens with zero attached hydrogens (tertiary/aromatic N) is 3. The van der Waals surface area contributed by atoms with Crippen LogP contribution in [-0.4, -0.2) is 38.2 Å². The molecule has 0 aliphatic carbocycles. The van der Waals surface area contributed by atoms with Crippen molar-refractivity contribution in [1.29, 1.82) is 0 Å². The van der Waals surface area contributed by atoms with Gasteiger partial charge in [0.15, 0.2) is 11.5 Å². The number of hydrogen-bond acceptors (Lipinski definition) is 6. The highest BCUT2D eigenvalue weighted by atomic mass is 16.5. The molecule has 3 heterocycles. The van der Waals surface area contributed by atoms with Crippen molar-refractivity contribution in [1.82, 2.24) is 20.1 Å². The second kappa shape index (κ2) is 10.3. The fraction of sp³-hybridized carbons (Fsp3) is 0.129. The third-order valence-electron chi connectivity index (χ3n) is 6.87. The maximum atomic E-state index is 13.7. The number of hydrogen-bond donors (Lipinski definition) is 2. The van der Waals surface area contributed by atoms with Crippen molar-refractivity contribution in [2.24, 2.45) is 0 Å². The summed E-state index contributed by atoms with van der Waals surface area (Å²) in [5.41, 5.74) is 5.00. The number of carbonyl (C=O) groups is 1. The normalized spacial score (nSPS) is 14.3. The Balaban J connectivity index is 1.42. The zero-order valence-corrected chi connectivity index (χ0v) is 21.2. The van der Waals surface area contributed by atoms with E-state index < -0.39 is 6.04 Å². The summed E-state index contributed by atoms with van der Waals surface area (Å²) in [6, 6.07) is 25.9. The third-order valence-corrected chi connectivity index (χ3v) is 6.87. The average Bonchev–Trinajstić information content (AvgIpc) is 3.52. The number of aromatic hydroxyl groups is 1. The van der Waals surface area contributed by atoms with E-state index >= 15 is 0 Å². The first-order valence-electron chi connectivity index (χ1n) is 12.5. The van der Waals surface area contributed by atoms with Crippen LogP contribution < -0.4 is 9.47 Å². The fourth-order valence-electron chi connectivity index (χ4n) is 4.98. The molecule has 2 aromatic heterocycles. The zero-order chi connectivity index (χ0) is 26.8. The molecule has 8 heteroatoms. The number of benzene rings is 3. The predicted octanol–water partition coefficient (Wildman–Crippen LogP) is 5.51. The van der Waals surface area contributed by atoms with E-state index in [1.54, 1.807) is 42.6 Å². The van der Waals surface area contributed by atoms with Gasteiger partial charge in [0.25, 0.3) is 5.91 Å². The van der Waals surface area contributed by atoms with E-state index in [2.05, 4.69) is 15.2 Å². The minimum absolute atomic E-state index is 0.0906. The number of rotatable bonds is 8. The first-order valence-corrected chi connectivity index (χ1v) is 12.5. The summed E-state index contributed by atoms with van der Waals surface area (Å²) in [5.74, 6) is 1.07. The monoisotopic (exact) mass is 518 g/mol. The Hall–Kier alpha value is -5.11. The van der Waals surface area contributed by atoms with Crippen LogP contribution in [0.3, 0.4) is 0 Å². The van der Waals surface area contributed by atoms with E-state index in [9.17, 15) is 9.90 Å². The van der Waals surface area contributed by atoms with Crippen molar-refractivity contribution in [3.8, 4) is 28.5 Å². The number of ether oxygens (including phenoxy) is 2. The van der Waals surface area contributed by atoms with E-state index in [0.717, 1.165) is 16.7 Å². The van der Waals surface area contributed by atoms with Crippen molar-refractivity contribution in [2.75, 3.05) is 7.11 Å². The van der Waals surface area contributed by atoms with E-state index in [1.165, 1.54) is 0 Å². The van der Waals surface area contributed by atoms with E-state index in [1.807, 2.05) is 66.7 Å². The zero-order valence-electron chi connectivity index (χ0n) is 21.2. The lowest BCUT2D eigenvalue weighted by molar-refractivity contribution is 0.0729. The Morgan fingerprint density at radius 2 is 1.69 bits per heavy atom. The molecule has 39 heavy (non-hydrogen) atoms. The summed E-state index contributed by atoms with van der Waals surface area (Å²) < 4.78 is 11.8. The molecule has 0 radical (unpaired) electrons. The number of para-hydroxylation sites is 1. The molecular formula is C31H26N4O4. The van der Waals surface area contributed by atoms with Crippen LogP contribution in [0.1, 0.15) is 38.8 Å². The summed E-state index contributed by atoms with van der Waals surface area (Å²) in [4.78, 5) is 19.6. The Morgan fingerprint density at radius 3 is 2.46 bits per heavy atom. The summed E-state index contributed by atoms with van der Waals surface area (Å²) in [6.07, 6.45) is 3.42. The molecule has 0 bridgehead atoms. The van der Waals surface area contributed by atoms with Crippen LogP contribution in [0.15, 0.2) is 97.3 Å². The number of aromatic amines is 1. The maximum absolute atomic E-state index is 13.7. The number of amides is 1. The van der Waals surface area contributed by atoms with Crippen LogP contribution in [0.5, 0.6) is 17.2 Å².